The number of rotatable bonds is 7. The van der Waals surface area contributed by atoms with Crippen molar-refractivity contribution < 1.29 is 19.2 Å². The number of fused-ring (bicyclic) bond motifs is 5. The minimum atomic E-state index is -1.25. The van der Waals surface area contributed by atoms with Gasteiger partial charge < -0.3 is 0 Å². The van der Waals surface area contributed by atoms with Crippen LogP contribution in [0, 0.1) is 23.7 Å². The van der Waals surface area contributed by atoms with Crippen LogP contribution in [0.3, 0.4) is 0 Å². The number of ketones is 1. The SMILES string of the molecule is O=C(c1ccc(Cl)cc1)[C@H](CCCl)N(C(=O)c1ccc(Cl)cc1Cl)N1C(=O)[C@@H]2[C@H]3C[C@@H]([C@H](Br)[C@H]3Br)[C@H]2C1=O. The van der Waals surface area contributed by atoms with Gasteiger partial charge in [-0.1, -0.05) is 66.7 Å². The fourth-order valence-electron chi connectivity index (χ4n) is 5.98. The Morgan fingerprint density at radius 2 is 1.47 bits per heavy atom. The van der Waals surface area contributed by atoms with Gasteiger partial charge in [-0.15, -0.1) is 11.6 Å². The predicted octanol–water partition coefficient (Wildman–Crippen LogP) is 6.66. The third kappa shape index (κ3) is 4.63. The van der Waals surface area contributed by atoms with Gasteiger partial charge in [0, 0.05) is 31.1 Å². The number of amides is 3. The van der Waals surface area contributed by atoms with Gasteiger partial charge in [-0.3, -0.25) is 19.2 Å². The monoisotopic (exact) mass is 722 g/mol. The molecule has 38 heavy (non-hydrogen) atoms. The number of nitrogens with zero attached hydrogens (tertiary/aromatic N) is 2. The summed E-state index contributed by atoms with van der Waals surface area (Å²) in [7, 11) is 0. The second-order valence-electron chi connectivity index (χ2n) is 9.63. The maximum Gasteiger partial charge on any atom is 0.275 e. The second kappa shape index (κ2) is 11.0. The van der Waals surface area contributed by atoms with Crippen molar-refractivity contribution in [3.8, 4) is 0 Å². The van der Waals surface area contributed by atoms with Gasteiger partial charge in [-0.25, -0.2) is 5.01 Å². The molecule has 0 radical (unpaired) electrons. The summed E-state index contributed by atoms with van der Waals surface area (Å²) >= 11 is 31.9. The predicted molar refractivity (Wildman–Crippen MR) is 153 cm³/mol. The van der Waals surface area contributed by atoms with Crippen LogP contribution in [-0.4, -0.2) is 55.1 Å². The van der Waals surface area contributed by atoms with Gasteiger partial charge in [0.2, 0.25) is 0 Å². The molecule has 3 amide bonds. The van der Waals surface area contributed by atoms with Crippen LogP contribution in [-0.2, 0) is 9.59 Å². The van der Waals surface area contributed by atoms with Gasteiger partial charge in [0.25, 0.3) is 17.7 Å². The zero-order valence-electron chi connectivity index (χ0n) is 19.5. The molecule has 2 aliphatic carbocycles. The number of alkyl halides is 3. The number of hydrazine groups is 1. The molecule has 3 fully saturated rings. The summed E-state index contributed by atoms with van der Waals surface area (Å²) in [6.45, 7) is 0. The van der Waals surface area contributed by atoms with Crippen molar-refractivity contribution in [2.24, 2.45) is 23.7 Å². The largest absolute Gasteiger partial charge is 0.292 e. The lowest BCUT2D eigenvalue weighted by atomic mass is 9.81. The van der Waals surface area contributed by atoms with E-state index in [9.17, 15) is 19.2 Å². The number of hydrogen-bond donors (Lipinski definition) is 0. The molecule has 1 heterocycles. The van der Waals surface area contributed by atoms with Crippen molar-refractivity contribution in [3.05, 3.63) is 68.7 Å². The van der Waals surface area contributed by atoms with Gasteiger partial charge in [0.1, 0.15) is 6.04 Å². The standard InChI is InChI=1S/C26H20Br2Cl4N2O4/c27-21-15-10-16(22(21)28)20-19(15)25(37)34(26(20)38)33(24(36)14-6-5-13(31)9-17(14)32)18(7-8-29)23(35)11-1-3-12(30)4-2-11/h1-6,9,15-16,18-22H,7-8,10H2/t15-,16-,18+,19-,20-,21+,22+/m1/s1. The first-order valence-electron chi connectivity index (χ1n) is 11.9. The Balaban J connectivity index is 1.62. The highest BCUT2D eigenvalue weighted by molar-refractivity contribution is 9.12. The molecule has 2 bridgehead atoms. The molecule has 2 aromatic carbocycles. The lowest BCUT2D eigenvalue weighted by Gasteiger charge is -2.37. The van der Waals surface area contributed by atoms with E-state index in [-0.39, 0.29) is 49.9 Å². The topological polar surface area (TPSA) is 74.8 Å². The first kappa shape index (κ1) is 28.4. The number of carbonyl (C=O) groups excluding carboxylic acids is 4. The molecule has 2 aromatic rings. The summed E-state index contributed by atoms with van der Waals surface area (Å²) in [6, 6.07) is 9.17. The molecule has 7 atom stereocenters. The van der Waals surface area contributed by atoms with Crippen LogP contribution in [0.1, 0.15) is 33.6 Å². The normalized spacial score (nSPS) is 28.5. The van der Waals surface area contributed by atoms with Crippen LogP contribution in [0.5, 0.6) is 0 Å². The molecule has 0 spiro atoms. The van der Waals surface area contributed by atoms with E-state index in [1.807, 2.05) is 0 Å². The number of imide groups is 1. The van der Waals surface area contributed by atoms with Gasteiger partial charge in [0.15, 0.2) is 5.78 Å². The van der Waals surface area contributed by atoms with Crippen molar-refractivity contribution >= 4 is 102 Å². The first-order chi connectivity index (χ1) is 18.1. The summed E-state index contributed by atoms with van der Waals surface area (Å²) in [6.07, 6.45) is 0.708. The summed E-state index contributed by atoms with van der Waals surface area (Å²) in [5.74, 6) is -3.62. The van der Waals surface area contributed by atoms with Crippen molar-refractivity contribution in [2.75, 3.05) is 5.88 Å². The Kier molecular flexibility index (Phi) is 8.23. The third-order valence-electron chi connectivity index (χ3n) is 7.66. The van der Waals surface area contributed by atoms with Crippen LogP contribution < -0.4 is 0 Å². The molecule has 0 unspecified atom stereocenters. The number of hydrogen-bond acceptors (Lipinski definition) is 4. The number of Topliss-reactive ketones (excluding diaryl/α,β-unsaturated/α-hetero) is 1. The van der Waals surface area contributed by atoms with E-state index in [4.69, 9.17) is 46.4 Å². The minimum absolute atomic E-state index is 0.00286. The smallest absolute Gasteiger partial charge is 0.275 e. The number of halogens is 6. The number of benzene rings is 2. The highest BCUT2D eigenvalue weighted by Crippen LogP contribution is 2.60. The average Bonchev–Trinajstić information content (AvgIpc) is 3.49. The molecule has 0 aromatic heterocycles. The van der Waals surface area contributed by atoms with Crippen LogP contribution in [0.4, 0.5) is 0 Å². The van der Waals surface area contributed by atoms with E-state index in [0.29, 0.717) is 10.0 Å². The highest BCUT2D eigenvalue weighted by Gasteiger charge is 2.68. The van der Waals surface area contributed by atoms with Crippen molar-refractivity contribution in [1.29, 1.82) is 0 Å². The zero-order valence-corrected chi connectivity index (χ0v) is 25.7. The van der Waals surface area contributed by atoms with E-state index >= 15 is 0 Å². The van der Waals surface area contributed by atoms with Gasteiger partial charge in [-0.05, 0) is 67.1 Å². The molecule has 3 aliphatic rings. The number of carbonyl (C=O) groups is 4. The molecular formula is C26H20Br2Cl4N2O4. The molecule has 0 N–H and O–H groups in total. The average molecular weight is 726 g/mol. The van der Waals surface area contributed by atoms with E-state index < -0.39 is 41.4 Å². The molecule has 2 saturated carbocycles. The lowest BCUT2D eigenvalue weighted by molar-refractivity contribution is -0.157. The molecule has 6 nitrogen and oxygen atoms in total. The maximum atomic E-state index is 14.1. The first-order valence-corrected chi connectivity index (χ1v) is 15.4. The Hall–Kier alpha value is -1.16. The Morgan fingerprint density at radius 1 is 0.921 bits per heavy atom. The fourth-order valence-corrected chi connectivity index (χ4v) is 8.67. The van der Waals surface area contributed by atoms with Crippen molar-refractivity contribution in [1.82, 2.24) is 10.0 Å². The lowest BCUT2D eigenvalue weighted by Crippen LogP contribution is -2.58. The Morgan fingerprint density at radius 3 is 2.00 bits per heavy atom. The maximum absolute atomic E-state index is 14.1. The third-order valence-corrected chi connectivity index (χ3v) is 11.9. The second-order valence-corrected chi connectivity index (χ2v) is 13.4. The van der Waals surface area contributed by atoms with Crippen LogP contribution in [0.15, 0.2) is 42.5 Å². The van der Waals surface area contributed by atoms with Gasteiger partial charge >= 0.3 is 0 Å². The van der Waals surface area contributed by atoms with Crippen LogP contribution in [0.25, 0.3) is 0 Å². The van der Waals surface area contributed by atoms with E-state index in [1.54, 1.807) is 12.1 Å². The molecule has 1 aliphatic heterocycles. The Bertz CT molecular complexity index is 1290. The quantitative estimate of drug-likeness (QED) is 0.182. The minimum Gasteiger partial charge on any atom is -0.292 e. The Labute approximate surface area is 256 Å². The molecule has 5 rings (SSSR count). The summed E-state index contributed by atoms with van der Waals surface area (Å²) in [5, 5.41) is 2.59. The van der Waals surface area contributed by atoms with E-state index in [2.05, 4.69) is 31.9 Å². The molecular weight excluding hydrogens is 706 g/mol. The summed E-state index contributed by atoms with van der Waals surface area (Å²) in [4.78, 5) is 55.8. The zero-order chi connectivity index (χ0) is 27.5. The molecule has 1 saturated heterocycles. The molecule has 12 heteroatoms. The van der Waals surface area contributed by atoms with Gasteiger partial charge in [0.05, 0.1) is 22.4 Å². The highest BCUT2D eigenvalue weighted by atomic mass is 79.9. The van der Waals surface area contributed by atoms with Gasteiger partial charge in [-0.2, -0.15) is 5.01 Å². The van der Waals surface area contributed by atoms with Crippen molar-refractivity contribution in [2.45, 2.75) is 28.5 Å². The summed E-state index contributed by atoms with van der Waals surface area (Å²) in [5.41, 5.74) is 0.252. The van der Waals surface area contributed by atoms with Crippen LogP contribution in [0.2, 0.25) is 15.1 Å². The summed E-state index contributed by atoms with van der Waals surface area (Å²) < 4.78 is 0. The molecule has 200 valence electrons. The van der Waals surface area contributed by atoms with Crippen LogP contribution >= 0.6 is 78.3 Å². The fraction of sp³-hybridized carbons (Fsp3) is 0.385. The van der Waals surface area contributed by atoms with E-state index in [1.165, 1.54) is 30.3 Å². The van der Waals surface area contributed by atoms with E-state index in [0.717, 1.165) is 16.4 Å². The van der Waals surface area contributed by atoms with Crippen molar-refractivity contribution in [3.63, 3.8) is 0 Å².